The Kier molecular flexibility index (Phi) is 3.85. The molecule has 1 aromatic heterocycles. The molecule has 0 atom stereocenters. The van der Waals surface area contributed by atoms with Gasteiger partial charge in [-0.05, 0) is 13.0 Å². The van der Waals surface area contributed by atoms with E-state index in [2.05, 4.69) is 15.3 Å². The molecule has 0 aromatic carbocycles. The van der Waals surface area contributed by atoms with E-state index in [-0.39, 0.29) is 18.4 Å². The zero-order valence-electron chi connectivity index (χ0n) is 9.39. The summed E-state index contributed by atoms with van der Waals surface area (Å²) in [7, 11) is 0. The van der Waals surface area contributed by atoms with Gasteiger partial charge in [0.2, 0.25) is 0 Å². The second kappa shape index (κ2) is 4.78. The van der Waals surface area contributed by atoms with Gasteiger partial charge in [-0.15, -0.1) is 0 Å². The second-order valence-corrected chi connectivity index (χ2v) is 3.84. The number of nitrogens with zero attached hydrogens (tertiary/aromatic N) is 2. The first-order chi connectivity index (χ1) is 7.29. The lowest BCUT2D eigenvalue weighted by molar-refractivity contribution is -0.141. The zero-order chi connectivity index (χ0) is 12.3. The minimum Gasteiger partial charge on any atom is -0.308 e. The molecule has 0 fully saturated rings. The van der Waals surface area contributed by atoms with Gasteiger partial charge in [0.05, 0.1) is 6.54 Å². The molecule has 90 valence electrons. The predicted molar refractivity (Wildman–Crippen MR) is 53.7 cm³/mol. The summed E-state index contributed by atoms with van der Waals surface area (Å²) in [6.45, 7) is 5.57. The van der Waals surface area contributed by atoms with Crippen LogP contribution >= 0.6 is 0 Å². The number of hydrogen-bond donors (Lipinski definition) is 1. The Labute approximate surface area is 92.1 Å². The van der Waals surface area contributed by atoms with Gasteiger partial charge in [-0.2, -0.15) is 13.2 Å². The van der Waals surface area contributed by atoms with Crippen molar-refractivity contribution in [2.45, 2.75) is 39.5 Å². The Bertz CT molecular complexity index is 361. The normalized spacial score (nSPS) is 12.2. The Morgan fingerprint density at radius 1 is 1.31 bits per heavy atom. The van der Waals surface area contributed by atoms with Crippen LogP contribution in [0.25, 0.3) is 0 Å². The van der Waals surface area contributed by atoms with Gasteiger partial charge in [-0.1, -0.05) is 13.8 Å². The third-order valence-corrected chi connectivity index (χ3v) is 1.86. The molecule has 0 aliphatic heterocycles. The van der Waals surface area contributed by atoms with Crippen molar-refractivity contribution in [1.29, 1.82) is 0 Å². The van der Waals surface area contributed by atoms with E-state index >= 15 is 0 Å². The predicted octanol–water partition coefficient (Wildman–Crippen LogP) is 2.30. The number of halogens is 3. The largest absolute Gasteiger partial charge is 0.433 e. The molecule has 3 nitrogen and oxygen atoms in total. The highest BCUT2D eigenvalue weighted by Crippen LogP contribution is 2.27. The quantitative estimate of drug-likeness (QED) is 0.870. The Morgan fingerprint density at radius 3 is 2.44 bits per heavy atom. The molecule has 1 rings (SSSR count). The number of hydrogen-bond acceptors (Lipinski definition) is 3. The van der Waals surface area contributed by atoms with Crippen molar-refractivity contribution < 1.29 is 13.2 Å². The van der Waals surface area contributed by atoms with Gasteiger partial charge < -0.3 is 5.32 Å². The lowest BCUT2D eigenvalue weighted by atomic mass is 10.3. The highest BCUT2D eigenvalue weighted by atomic mass is 19.4. The molecule has 0 unspecified atom stereocenters. The van der Waals surface area contributed by atoms with Crippen molar-refractivity contribution in [3.63, 3.8) is 0 Å². The van der Waals surface area contributed by atoms with Crippen molar-refractivity contribution in [3.8, 4) is 0 Å². The molecule has 1 N–H and O–H groups in total. The van der Waals surface area contributed by atoms with Crippen LogP contribution in [0.5, 0.6) is 0 Å². The molecule has 0 radical (unpaired) electrons. The van der Waals surface area contributed by atoms with E-state index in [1.807, 2.05) is 13.8 Å². The van der Waals surface area contributed by atoms with Crippen LogP contribution in [0.15, 0.2) is 6.07 Å². The molecule has 0 saturated carbocycles. The maximum atomic E-state index is 12.4. The van der Waals surface area contributed by atoms with Crippen molar-refractivity contribution in [2.24, 2.45) is 0 Å². The van der Waals surface area contributed by atoms with Crippen molar-refractivity contribution >= 4 is 0 Å². The summed E-state index contributed by atoms with van der Waals surface area (Å²) in [5, 5.41) is 2.98. The van der Waals surface area contributed by atoms with E-state index in [4.69, 9.17) is 0 Å². The average molecular weight is 233 g/mol. The molecule has 0 amide bonds. The average Bonchev–Trinajstić information content (AvgIpc) is 2.12. The topological polar surface area (TPSA) is 37.8 Å². The molecule has 0 aliphatic rings. The number of nitrogens with one attached hydrogen (secondary N) is 1. The molecule has 0 saturated heterocycles. The SMILES string of the molecule is Cc1cc(C(F)(F)F)nc(CNC(C)C)n1. The van der Waals surface area contributed by atoms with E-state index in [0.717, 1.165) is 6.07 Å². The Balaban J connectivity index is 2.90. The smallest absolute Gasteiger partial charge is 0.308 e. The highest BCUT2D eigenvalue weighted by Gasteiger charge is 2.33. The molecular weight excluding hydrogens is 219 g/mol. The van der Waals surface area contributed by atoms with Gasteiger partial charge in [-0.3, -0.25) is 0 Å². The van der Waals surface area contributed by atoms with Gasteiger partial charge in [0, 0.05) is 11.7 Å². The number of alkyl halides is 3. The van der Waals surface area contributed by atoms with Gasteiger partial charge in [-0.25, -0.2) is 9.97 Å². The third kappa shape index (κ3) is 3.77. The van der Waals surface area contributed by atoms with E-state index in [1.165, 1.54) is 6.92 Å². The molecule has 1 heterocycles. The van der Waals surface area contributed by atoms with Crippen LogP contribution in [0.2, 0.25) is 0 Å². The number of aryl methyl sites for hydroxylation is 1. The maximum Gasteiger partial charge on any atom is 0.433 e. The van der Waals surface area contributed by atoms with E-state index in [0.29, 0.717) is 5.69 Å². The first kappa shape index (κ1) is 12.9. The molecule has 16 heavy (non-hydrogen) atoms. The van der Waals surface area contributed by atoms with E-state index in [9.17, 15) is 13.2 Å². The highest BCUT2D eigenvalue weighted by molar-refractivity contribution is 5.12. The van der Waals surface area contributed by atoms with Crippen LogP contribution < -0.4 is 5.32 Å². The third-order valence-electron chi connectivity index (χ3n) is 1.86. The first-order valence-electron chi connectivity index (χ1n) is 4.94. The summed E-state index contributed by atoms with van der Waals surface area (Å²) in [5.41, 5.74) is -0.566. The maximum absolute atomic E-state index is 12.4. The van der Waals surface area contributed by atoms with Crippen LogP contribution in [0.1, 0.15) is 31.1 Å². The number of rotatable bonds is 3. The summed E-state index contributed by atoms with van der Waals surface area (Å²) in [6.07, 6.45) is -4.42. The van der Waals surface area contributed by atoms with Gasteiger partial charge in [0.25, 0.3) is 0 Å². The van der Waals surface area contributed by atoms with Crippen LogP contribution in [0.3, 0.4) is 0 Å². The fourth-order valence-electron chi connectivity index (χ4n) is 1.15. The minimum atomic E-state index is -4.42. The van der Waals surface area contributed by atoms with Crippen LogP contribution in [0.4, 0.5) is 13.2 Å². The van der Waals surface area contributed by atoms with Crippen molar-refractivity contribution in [2.75, 3.05) is 0 Å². The van der Waals surface area contributed by atoms with Crippen LogP contribution in [0, 0.1) is 6.92 Å². The fraction of sp³-hybridized carbons (Fsp3) is 0.600. The van der Waals surface area contributed by atoms with Crippen molar-refractivity contribution in [3.05, 3.63) is 23.3 Å². The molecule has 0 spiro atoms. The lowest BCUT2D eigenvalue weighted by Gasteiger charge is -2.10. The molecule has 0 bridgehead atoms. The molecule has 1 aromatic rings. The first-order valence-corrected chi connectivity index (χ1v) is 4.94. The van der Waals surface area contributed by atoms with Crippen LogP contribution in [-0.4, -0.2) is 16.0 Å². The second-order valence-electron chi connectivity index (χ2n) is 3.84. The summed E-state index contributed by atoms with van der Waals surface area (Å²) in [5.74, 6) is 0.168. The molecule has 6 heteroatoms. The Hall–Kier alpha value is -1.17. The summed E-state index contributed by atoms with van der Waals surface area (Å²) in [4.78, 5) is 7.42. The number of aromatic nitrogens is 2. The summed E-state index contributed by atoms with van der Waals surface area (Å²) >= 11 is 0. The van der Waals surface area contributed by atoms with Gasteiger partial charge in [0.15, 0.2) is 0 Å². The molecular formula is C10H14F3N3. The summed E-state index contributed by atoms with van der Waals surface area (Å²) in [6, 6.07) is 1.12. The van der Waals surface area contributed by atoms with E-state index in [1.54, 1.807) is 0 Å². The Morgan fingerprint density at radius 2 is 1.94 bits per heavy atom. The van der Waals surface area contributed by atoms with Gasteiger partial charge >= 0.3 is 6.18 Å². The standard InChI is InChI=1S/C10H14F3N3/c1-6(2)14-5-9-15-7(3)4-8(16-9)10(11,12)13/h4,6,14H,5H2,1-3H3. The van der Waals surface area contributed by atoms with E-state index < -0.39 is 11.9 Å². The summed E-state index contributed by atoms with van der Waals surface area (Å²) < 4.78 is 37.3. The van der Waals surface area contributed by atoms with Gasteiger partial charge in [0.1, 0.15) is 11.5 Å². The minimum absolute atomic E-state index is 0.168. The fourth-order valence-corrected chi connectivity index (χ4v) is 1.15. The van der Waals surface area contributed by atoms with Crippen molar-refractivity contribution in [1.82, 2.24) is 15.3 Å². The zero-order valence-corrected chi connectivity index (χ0v) is 9.39. The van der Waals surface area contributed by atoms with Crippen LogP contribution in [-0.2, 0) is 12.7 Å². The lowest BCUT2D eigenvalue weighted by Crippen LogP contribution is -2.24. The molecule has 0 aliphatic carbocycles. The monoisotopic (exact) mass is 233 g/mol.